The fourth-order valence-corrected chi connectivity index (χ4v) is 4.97. The minimum absolute atomic E-state index is 0.0435. The van der Waals surface area contributed by atoms with E-state index in [1.807, 2.05) is 29.7 Å². The Labute approximate surface area is 208 Å². The maximum Gasteiger partial charge on any atom is 0.407 e. The molecule has 2 N–H and O–H groups in total. The van der Waals surface area contributed by atoms with E-state index in [0.29, 0.717) is 55.8 Å². The van der Waals surface area contributed by atoms with E-state index in [4.69, 9.17) is 14.8 Å². The molecule has 1 amide bonds. The van der Waals surface area contributed by atoms with E-state index >= 15 is 0 Å². The molecule has 0 bridgehead atoms. The van der Waals surface area contributed by atoms with Crippen molar-refractivity contribution < 1.29 is 14.6 Å². The summed E-state index contributed by atoms with van der Waals surface area (Å²) in [6.45, 7) is 4.92. The first-order valence-corrected chi connectivity index (χ1v) is 12.5. The third-order valence-corrected chi connectivity index (χ3v) is 6.90. The number of aromatic nitrogens is 4. The van der Waals surface area contributed by atoms with Gasteiger partial charge in [-0.25, -0.2) is 14.8 Å². The van der Waals surface area contributed by atoms with Gasteiger partial charge in [0, 0.05) is 56.0 Å². The summed E-state index contributed by atoms with van der Waals surface area (Å²) in [6.07, 6.45) is 6.74. The smallest absolute Gasteiger partial charge is 0.407 e. The summed E-state index contributed by atoms with van der Waals surface area (Å²) < 4.78 is 7.36. The number of rotatable bonds is 7. The van der Waals surface area contributed by atoms with Gasteiger partial charge in [-0.3, -0.25) is 9.36 Å². The standard InChI is InChI=1S/C25H31N7O4/c1-2-36-16-18-13-17-14-27-24(29-22(17)32(23(18)33)19-5-3-4-6-19)28-21-8-7-20(15-26-21)30-9-11-31(12-10-30)25(34)35/h7-8,13-15,19H,2-6,9-12,16H2,1H3,(H,34,35)(H,26,27,28,29). The largest absolute Gasteiger partial charge is 0.465 e. The minimum Gasteiger partial charge on any atom is -0.465 e. The first kappa shape index (κ1) is 24.0. The number of pyridine rings is 2. The number of piperazine rings is 1. The molecule has 3 aromatic heterocycles. The van der Waals surface area contributed by atoms with E-state index in [9.17, 15) is 9.59 Å². The lowest BCUT2D eigenvalue weighted by molar-refractivity contribution is 0.133. The summed E-state index contributed by atoms with van der Waals surface area (Å²) in [5.41, 5.74) is 2.14. The fourth-order valence-electron chi connectivity index (χ4n) is 4.97. The first-order valence-electron chi connectivity index (χ1n) is 12.5. The van der Waals surface area contributed by atoms with Crippen molar-refractivity contribution in [1.82, 2.24) is 24.4 Å². The minimum atomic E-state index is -0.883. The molecule has 0 spiro atoms. The van der Waals surface area contributed by atoms with Crippen LogP contribution >= 0.6 is 0 Å². The highest BCUT2D eigenvalue weighted by Gasteiger charge is 2.23. The van der Waals surface area contributed by atoms with Crippen LogP contribution in [0.4, 0.5) is 22.2 Å². The lowest BCUT2D eigenvalue weighted by Gasteiger charge is -2.34. The summed E-state index contributed by atoms with van der Waals surface area (Å²) in [7, 11) is 0. The second-order valence-electron chi connectivity index (χ2n) is 9.18. The summed E-state index contributed by atoms with van der Waals surface area (Å²) in [5.74, 6) is 0.964. The zero-order valence-electron chi connectivity index (χ0n) is 20.4. The Balaban J connectivity index is 1.37. The molecule has 190 valence electrons. The van der Waals surface area contributed by atoms with Gasteiger partial charge in [0.25, 0.3) is 5.56 Å². The van der Waals surface area contributed by atoms with E-state index in [1.165, 1.54) is 4.90 Å². The van der Waals surface area contributed by atoms with Crippen LogP contribution in [0.3, 0.4) is 0 Å². The molecule has 11 nitrogen and oxygen atoms in total. The third kappa shape index (κ3) is 4.97. The summed E-state index contributed by atoms with van der Waals surface area (Å²) >= 11 is 0. The summed E-state index contributed by atoms with van der Waals surface area (Å²) in [6, 6.07) is 5.76. The molecule has 1 saturated carbocycles. The molecule has 2 fully saturated rings. The number of anilines is 3. The number of carbonyl (C=O) groups is 1. The van der Waals surface area contributed by atoms with Crippen molar-refractivity contribution in [3.8, 4) is 0 Å². The highest BCUT2D eigenvalue weighted by molar-refractivity contribution is 5.76. The number of hydrogen-bond acceptors (Lipinski definition) is 8. The Hall–Kier alpha value is -3.73. The van der Waals surface area contributed by atoms with Gasteiger partial charge in [0.05, 0.1) is 18.5 Å². The Morgan fingerprint density at radius 2 is 1.92 bits per heavy atom. The highest BCUT2D eigenvalue weighted by atomic mass is 16.5. The Morgan fingerprint density at radius 3 is 2.58 bits per heavy atom. The van der Waals surface area contributed by atoms with Crippen LogP contribution in [0, 0.1) is 0 Å². The average Bonchev–Trinajstić information content (AvgIpc) is 3.42. The van der Waals surface area contributed by atoms with Crippen LogP contribution in [0.5, 0.6) is 0 Å². The molecule has 3 aromatic rings. The van der Waals surface area contributed by atoms with Crippen LogP contribution in [0.15, 0.2) is 35.4 Å². The van der Waals surface area contributed by atoms with Gasteiger partial charge >= 0.3 is 6.09 Å². The summed E-state index contributed by atoms with van der Waals surface area (Å²) in [5, 5.41) is 13.1. The maximum atomic E-state index is 13.3. The molecular formula is C25H31N7O4. The average molecular weight is 494 g/mol. The molecule has 11 heteroatoms. The van der Waals surface area contributed by atoms with Gasteiger partial charge in [-0.15, -0.1) is 0 Å². The Bertz CT molecular complexity index is 1280. The first-order chi connectivity index (χ1) is 17.5. The van der Waals surface area contributed by atoms with E-state index in [-0.39, 0.29) is 18.2 Å². The van der Waals surface area contributed by atoms with Crippen LogP contribution in [0.1, 0.15) is 44.2 Å². The molecule has 5 rings (SSSR count). The molecule has 2 aliphatic rings. The predicted octanol–water partition coefficient (Wildman–Crippen LogP) is 3.38. The van der Waals surface area contributed by atoms with Crippen LogP contribution in [0.2, 0.25) is 0 Å². The normalized spacial score (nSPS) is 16.6. The quantitative estimate of drug-likeness (QED) is 0.509. The number of fused-ring (bicyclic) bond motifs is 1. The molecule has 1 saturated heterocycles. The van der Waals surface area contributed by atoms with Crippen LogP contribution in [-0.2, 0) is 11.3 Å². The van der Waals surface area contributed by atoms with Gasteiger partial charge < -0.3 is 25.0 Å². The molecule has 0 radical (unpaired) electrons. The number of ether oxygens (including phenoxy) is 1. The van der Waals surface area contributed by atoms with Crippen molar-refractivity contribution in [3.63, 3.8) is 0 Å². The molecular weight excluding hydrogens is 462 g/mol. The second-order valence-corrected chi connectivity index (χ2v) is 9.18. The lowest BCUT2D eigenvalue weighted by atomic mass is 10.1. The topological polar surface area (TPSA) is 126 Å². The van der Waals surface area contributed by atoms with Gasteiger partial charge in [0.1, 0.15) is 11.5 Å². The zero-order chi connectivity index (χ0) is 25.1. The zero-order valence-corrected chi connectivity index (χ0v) is 20.4. The van der Waals surface area contributed by atoms with Gasteiger partial charge in [-0.2, -0.15) is 4.98 Å². The highest BCUT2D eigenvalue weighted by Crippen LogP contribution is 2.31. The number of carboxylic acid groups (broad SMARTS) is 1. The monoisotopic (exact) mass is 493 g/mol. The number of hydrogen-bond donors (Lipinski definition) is 2. The number of amides is 1. The van der Waals surface area contributed by atoms with Crippen LogP contribution < -0.4 is 15.8 Å². The van der Waals surface area contributed by atoms with Crippen molar-refractivity contribution in [3.05, 3.63) is 46.5 Å². The van der Waals surface area contributed by atoms with Gasteiger partial charge in [-0.1, -0.05) is 12.8 Å². The van der Waals surface area contributed by atoms with Crippen molar-refractivity contribution >= 4 is 34.6 Å². The maximum absolute atomic E-state index is 13.3. The van der Waals surface area contributed by atoms with Gasteiger partial charge in [-0.05, 0) is 38.0 Å². The molecule has 4 heterocycles. The van der Waals surface area contributed by atoms with Crippen molar-refractivity contribution in [2.75, 3.05) is 43.0 Å². The van der Waals surface area contributed by atoms with Crippen molar-refractivity contribution in [2.45, 2.75) is 45.3 Å². The molecule has 1 aliphatic heterocycles. The SMILES string of the molecule is CCOCc1cc2cnc(Nc3ccc(N4CCN(C(=O)O)CC4)cn3)nc2n(C2CCCC2)c1=O. The third-order valence-electron chi connectivity index (χ3n) is 6.90. The second kappa shape index (κ2) is 10.5. The molecule has 36 heavy (non-hydrogen) atoms. The van der Waals surface area contributed by atoms with E-state index in [2.05, 4.69) is 20.2 Å². The summed E-state index contributed by atoms with van der Waals surface area (Å²) in [4.78, 5) is 41.7. The number of nitrogens with zero attached hydrogens (tertiary/aromatic N) is 6. The lowest BCUT2D eigenvalue weighted by Crippen LogP contribution is -2.48. The fraction of sp³-hybridized carbons (Fsp3) is 0.480. The predicted molar refractivity (Wildman–Crippen MR) is 136 cm³/mol. The van der Waals surface area contributed by atoms with Gasteiger partial charge in [0.2, 0.25) is 5.95 Å². The van der Waals surface area contributed by atoms with E-state index < -0.39 is 6.09 Å². The molecule has 0 aromatic carbocycles. The molecule has 0 atom stereocenters. The van der Waals surface area contributed by atoms with Crippen LogP contribution in [0.25, 0.3) is 11.0 Å². The van der Waals surface area contributed by atoms with Crippen LogP contribution in [-0.4, -0.2) is 68.4 Å². The Morgan fingerprint density at radius 1 is 1.14 bits per heavy atom. The Kier molecular flexibility index (Phi) is 6.99. The van der Waals surface area contributed by atoms with E-state index in [1.54, 1.807) is 12.4 Å². The van der Waals surface area contributed by atoms with Crippen molar-refractivity contribution in [1.29, 1.82) is 0 Å². The van der Waals surface area contributed by atoms with Gasteiger partial charge in [0.15, 0.2) is 0 Å². The van der Waals surface area contributed by atoms with Crippen molar-refractivity contribution in [2.24, 2.45) is 0 Å². The molecule has 0 unspecified atom stereocenters. The number of nitrogens with one attached hydrogen (secondary N) is 1. The molecule has 1 aliphatic carbocycles. The van der Waals surface area contributed by atoms with E-state index in [0.717, 1.165) is 36.8 Å².